The number of methoxy groups -OCH3 is 1. The van der Waals surface area contributed by atoms with E-state index in [0.717, 1.165) is 35.2 Å². The van der Waals surface area contributed by atoms with Crippen molar-refractivity contribution in [2.24, 2.45) is 35.0 Å². The van der Waals surface area contributed by atoms with Crippen molar-refractivity contribution in [1.29, 1.82) is 0 Å². The minimum atomic E-state index is -0.888. The van der Waals surface area contributed by atoms with Gasteiger partial charge in [0.15, 0.2) is 0 Å². The quantitative estimate of drug-likeness (QED) is 0.237. The average Bonchev–Trinajstić information content (AvgIpc) is 3.43. The van der Waals surface area contributed by atoms with E-state index in [1.165, 1.54) is 6.42 Å². The van der Waals surface area contributed by atoms with Gasteiger partial charge in [-0.3, -0.25) is 14.4 Å². The van der Waals surface area contributed by atoms with Crippen molar-refractivity contribution < 1.29 is 29.4 Å². The number of para-hydroxylation sites is 1. The van der Waals surface area contributed by atoms with Gasteiger partial charge in [0.1, 0.15) is 17.9 Å². The van der Waals surface area contributed by atoms with Gasteiger partial charge in [-0.25, -0.2) is 0 Å². The van der Waals surface area contributed by atoms with Crippen molar-refractivity contribution in [3.63, 3.8) is 0 Å². The maximum Gasteiger partial charge on any atom is 0.251 e. The molecule has 4 N–H and O–H groups in total. The van der Waals surface area contributed by atoms with Crippen LogP contribution in [0, 0.1) is 35.0 Å². The first-order valence-electron chi connectivity index (χ1n) is 18.0. The Morgan fingerprint density at radius 1 is 1.14 bits per heavy atom. The maximum absolute atomic E-state index is 14.2. The molecule has 6 rings (SSSR count). The number of amides is 2. The van der Waals surface area contributed by atoms with E-state index in [2.05, 4.69) is 45.3 Å². The second-order valence-corrected chi connectivity index (χ2v) is 15.8. The molecule has 2 amide bonds. The number of nitrogens with zero attached hydrogens (tertiary/aromatic N) is 2. The van der Waals surface area contributed by atoms with E-state index >= 15 is 0 Å². The van der Waals surface area contributed by atoms with Gasteiger partial charge in [0.2, 0.25) is 5.91 Å². The molecule has 10 heteroatoms. The Bertz CT molecular complexity index is 1490. The summed E-state index contributed by atoms with van der Waals surface area (Å²) in [5.74, 6) is 1.61. The summed E-state index contributed by atoms with van der Waals surface area (Å²) in [6.45, 7) is 13.3. The molecule has 4 aliphatic rings. The molecule has 3 saturated carbocycles. The molecule has 1 heterocycles. The molecular formula is C39H58N4O6. The number of aliphatic hydroxyl groups excluding tert-OH is 2. The molecule has 49 heavy (non-hydrogen) atoms. The van der Waals surface area contributed by atoms with Gasteiger partial charge in [0, 0.05) is 55.0 Å². The number of hydroxylamine groups is 2. The minimum absolute atomic E-state index is 0.0487. The fourth-order valence-corrected chi connectivity index (χ4v) is 8.56. The summed E-state index contributed by atoms with van der Waals surface area (Å²) >= 11 is 0. The topological polar surface area (TPSA) is 124 Å². The number of hydrogen-bond acceptors (Lipinski definition) is 8. The van der Waals surface area contributed by atoms with Crippen LogP contribution in [-0.4, -0.2) is 85.7 Å². The molecule has 4 fully saturated rings. The van der Waals surface area contributed by atoms with Crippen LogP contribution in [0.1, 0.15) is 76.7 Å². The predicted octanol–water partition coefficient (Wildman–Crippen LogP) is 4.86. The Morgan fingerprint density at radius 2 is 1.88 bits per heavy atom. The number of hydrogen-bond donors (Lipinski definition) is 4. The summed E-state index contributed by atoms with van der Waals surface area (Å²) in [4.78, 5) is 35.6. The van der Waals surface area contributed by atoms with E-state index in [1.807, 2.05) is 55.4 Å². The molecule has 2 aromatic carbocycles. The van der Waals surface area contributed by atoms with Crippen LogP contribution >= 0.6 is 0 Å². The van der Waals surface area contributed by atoms with Crippen molar-refractivity contribution in [3.8, 4) is 16.9 Å². The van der Waals surface area contributed by atoms with Crippen molar-refractivity contribution >= 4 is 17.5 Å². The second-order valence-electron chi connectivity index (χ2n) is 15.8. The Labute approximate surface area is 292 Å². The number of aliphatic hydroxyl groups is 2. The van der Waals surface area contributed by atoms with E-state index in [0.29, 0.717) is 46.9 Å². The predicted molar refractivity (Wildman–Crippen MR) is 192 cm³/mol. The first-order chi connectivity index (χ1) is 23.2. The van der Waals surface area contributed by atoms with Crippen molar-refractivity contribution in [2.45, 2.75) is 91.6 Å². The molecule has 8 atom stereocenters. The standard InChI is InChI=1S/C39H58N4O6/c1-22(2)13-14-40-37(46)27-15-26(16-29(17-27)42(7)8)30-12-10-11-25(36(30)48-9)20-43-35(34(24(4)45)33(21-44)49-43)38(47)41-32-19-28-18-31(23(32)3)39(28,5)6/h10-12,15-17,22-24,28,31-35,44-45H,13-14,18-21H2,1-9H3,(H,40,46)(H,41,47)/t23-,24-,28+,31-,32-,33-,34+,35?/m0/s1. The average molecular weight is 679 g/mol. The summed E-state index contributed by atoms with van der Waals surface area (Å²) in [6, 6.07) is 10.8. The number of nitrogens with one attached hydrogen (secondary N) is 2. The molecule has 2 aromatic rings. The van der Waals surface area contributed by atoms with Gasteiger partial charge in [-0.15, -0.1) is 0 Å². The van der Waals surface area contributed by atoms with Gasteiger partial charge in [0.05, 0.1) is 26.4 Å². The molecule has 3 aliphatic carbocycles. The van der Waals surface area contributed by atoms with E-state index in [9.17, 15) is 19.8 Å². The third-order valence-electron chi connectivity index (χ3n) is 11.7. The number of anilines is 1. The van der Waals surface area contributed by atoms with Crippen LogP contribution in [0.3, 0.4) is 0 Å². The number of carbonyl (C=O) groups excluding carboxylic acids is 2. The largest absolute Gasteiger partial charge is 0.496 e. The highest BCUT2D eigenvalue weighted by atomic mass is 16.7. The number of rotatable bonds is 13. The maximum atomic E-state index is 14.2. The summed E-state index contributed by atoms with van der Waals surface area (Å²) < 4.78 is 6.03. The van der Waals surface area contributed by atoms with Crippen molar-refractivity contribution in [2.75, 3.05) is 39.3 Å². The highest BCUT2D eigenvalue weighted by Crippen LogP contribution is 2.61. The van der Waals surface area contributed by atoms with E-state index in [1.54, 1.807) is 19.1 Å². The van der Waals surface area contributed by atoms with Gasteiger partial charge in [-0.2, -0.15) is 5.06 Å². The molecule has 2 bridgehead atoms. The highest BCUT2D eigenvalue weighted by Gasteiger charge is 2.57. The molecule has 0 aromatic heterocycles. The molecule has 0 radical (unpaired) electrons. The fraction of sp³-hybridized carbons (Fsp3) is 0.641. The Hall–Kier alpha value is -3.18. The fourth-order valence-electron chi connectivity index (χ4n) is 8.56. The number of ether oxygens (including phenoxy) is 1. The van der Waals surface area contributed by atoms with Crippen molar-refractivity contribution in [3.05, 3.63) is 47.5 Å². The lowest BCUT2D eigenvalue weighted by Crippen LogP contribution is -2.62. The lowest BCUT2D eigenvalue weighted by molar-refractivity contribution is -0.183. The number of carbonyl (C=O) groups is 2. The molecule has 1 unspecified atom stereocenters. The van der Waals surface area contributed by atoms with Crippen LogP contribution < -0.4 is 20.3 Å². The van der Waals surface area contributed by atoms with Gasteiger partial charge < -0.3 is 30.5 Å². The Kier molecular flexibility index (Phi) is 11.3. The van der Waals surface area contributed by atoms with E-state index in [-0.39, 0.29) is 31.0 Å². The van der Waals surface area contributed by atoms with Crippen LogP contribution in [0.5, 0.6) is 5.75 Å². The highest BCUT2D eigenvalue weighted by molar-refractivity contribution is 5.97. The molecule has 1 aliphatic heterocycles. The smallest absolute Gasteiger partial charge is 0.251 e. The van der Waals surface area contributed by atoms with Crippen LogP contribution in [0.15, 0.2) is 36.4 Å². The zero-order chi connectivity index (χ0) is 35.8. The van der Waals surface area contributed by atoms with Crippen LogP contribution in [-0.2, 0) is 16.2 Å². The zero-order valence-electron chi connectivity index (χ0n) is 30.8. The van der Waals surface area contributed by atoms with Crippen LogP contribution in [0.2, 0.25) is 0 Å². The number of benzene rings is 2. The monoisotopic (exact) mass is 678 g/mol. The molecular weight excluding hydrogens is 620 g/mol. The Balaban J connectivity index is 1.44. The van der Waals surface area contributed by atoms with Gasteiger partial charge in [0.25, 0.3) is 5.91 Å². The van der Waals surface area contributed by atoms with Crippen LogP contribution in [0.4, 0.5) is 5.69 Å². The summed E-state index contributed by atoms with van der Waals surface area (Å²) in [6.07, 6.45) is 1.41. The first-order valence-corrected chi connectivity index (χ1v) is 18.0. The van der Waals surface area contributed by atoms with Gasteiger partial charge >= 0.3 is 0 Å². The second kappa shape index (κ2) is 15.0. The minimum Gasteiger partial charge on any atom is -0.496 e. The summed E-state index contributed by atoms with van der Waals surface area (Å²) in [7, 11) is 5.49. The molecule has 270 valence electrons. The SMILES string of the molecule is COc1c(CN2O[C@@H](CO)[C@@H]([C@H](C)O)C2C(=O)N[C@H]2C[C@H]3C[C@@H]([C@@H]2C)C3(C)C)cccc1-c1cc(C(=O)NCCC(C)C)cc(N(C)C)c1. The van der Waals surface area contributed by atoms with E-state index in [4.69, 9.17) is 9.57 Å². The van der Waals surface area contributed by atoms with Gasteiger partial charge in [-0.1, -0.05) is 52.8 Å². The lowest BCUT2D eigenvalue weighted by Gasteiger charge is -2.62. The summed E-state index contributed by atoms with van der Waals surface area (Å²) in [5.41, 5.74) is 4.11. The molecule has 1 saturated heterocycles. The molecule has 0 spiro atoms. The third kappa shape index (κ3) is 7.48. The lowest BCUT2D eigenvalue weighted by atomic mass is 9.45. The first kappa shape index (κ1) is 37.1. The Morgan fingerprint density at radius 3 is 2.47 bits per heavy atom. The normalized spacial score (nSPS) is 28.1. The van der Waals surface area contributed by atoms with Crippen molar-refractivity contribution in [1.82, 2.24) is 15.7 Å². The van der Waals surface area contributed by atoms with Crippen LogP contribution in [0.25, 0.3) is 11.1 Å². The molecule has 10 nitrogen and oxygen atoms in total. The van der Waals surface area contributed by atoms with Gasteiger partial charge in [-0.05, 0) is 79.0 Å². The third-order valence-corrected chi connectivity index (χ3v) is 11.7. The summed E-state index contributed by atoms with van der Waals surface area (Å²) in [5, 5.41) is 29.2. The number of fused-ring (bicyclic) bond motifs is 2. The van der Waals surface area contributed by atoms with E-state index < -0.39 is 24.2 Å². The zero-order valence-corrected chi connectivity index (χ0v) is 30.8.